The molecule has 2 aromatic heterocycles. The van der Waals surface area contributed by atoms with Crippen molar-refractivity contribution in [1.29, 1.82) is 0 Å². The van der Waals surface area contributed by atoms with Crippen LogP contribution in [0.4, 0.5) is 5.69 Å². The van der Waals surface area contributed by atoms with Crippen molar-refractivity contribution in [2.75, 3.05) is 11.4 Å². The van der Waals surface area contributed by atoms with Gasteiger partial charge in [0.05, 0.1) is 17.9 Å². The number of nitrogens with zero attached hydrogens (tertiary/aromatic N) is 4. The fourth-order valence-corrected chi connectivity index (χ4v) is 2.94. The first-order valence-corrected chi connectivity index (χ1v) is 8.30. The highest BCUT2D eigenvalue weighted by molar-refractivity contribution is 6.06. The molecule has 1 amide bonds. The standard InChI is InChI=1S/C19H18N4O2/c1-2-15-13-22(17-6-3-4-7-18(17)25-15)19(24)16-12-14(8-10-20-16)23-11-5-9-21-23/h3-12,15H,2,13H2,1H3. The van der Waals surface area contributed by atoms with Gasteiger partial charge in [0, 0.05) is 18.6 Å². The average molecular weight is 334 g/mol. The molecule has 1 aromatic carbocycles. The Morgan fingerprint density at radius 3 is 2.92 bits per heavy atom. The minimum absolute atomic E-state index is 0.0202. The highest BCUT2D eigenvalue weighted by atomic mass is 16.5. The number of pyridine rings is 1. The molecular formula is C19H18N4O2. The molecular weight excluding hydrogens is 316 g/mol. The van der Waals surface area contributed by atoms with Gasteiger partial charge in [0.15, 0.2) is 0 Å². The molecule has 1 aliphatic heterocycles. The Bertz CT molecular complexity index is 892. The van der Waals surface area contributed by atoms with Gasteiger partial charge in [0.1, 0.15) is 17.5 Å². The normalized spacial score (nSPS) is 16.2. The van der Waals surface area contributed by atoms with Crippen molar-refractivity contribution in [3.8, 4) is 11.4 Å². The van der Waals surface area contributed by atoms with Crippen molar-refractivity contribution < 1.29 is 9.53 Å². The largest absolute Gasteiger partial charge is 0.486 e. The zero-order valence-electron chi connectivity index (χ0n) is 13.9. The third-order valence-corrected chi connectivity index (χ3v) is 4.27. The van der Waals surface area contributed by atoms with E-state index in [9.17, 15) is 4.79 Å². The molecule has 1 atom stereocenters. The van der Waals surface area contributed by atoms with Gasteiger partial charge in [-0.2, -0.15) is 5.10 Å². The number of hydrogen-bond acceptors (Lipinski definition) is 4. The number of carbonyl (C=O) groups excluding carboxylic acids is 1. The topological polar surface area (TPSA) is 60.2 Å². The second kappa shape index (κ2) is 6.39. The fraction of sp³-hybridized carbons (Fsp3) is 0.211. The predicted octanol–water partition coefficient (Wildman–Crippen LogP) is 3.09. The molecule has 3 aromatic rings. The van der Waals surface area contributed by atoms with Crippen LogP contribution in [-0.4, -0.2) is 33.3 Å². The van der Waals surface area contributed by atoms with Crippen LogP contribution in [0.3, 0.4) is 0 Å². The van der Waals surface area contributed by atoms with Crippen molar-refractivity contribution in [3.63, 3.8) is 0 Å². The summed E-state index contributed by atoms with van der Waals surface area (Å²) in [4.78, 5) is 19.2. The van der Waals surface area contributed by atoms with Crippen LogP contribution < -0.4 is 9.64 Å². The van der Waals surface area contributed by atoms with Crippen LogP contribution in [0.2, 0.25) is 0 Å². The van der Waals surface area contributed by atoms with E-state index in [0.717, 1.165) is 23.5 Å². The maximum absolute atomic E-state index is 13.1. The molecule has 0 fully saturated rings. The van der Waals surface area contributed by atoms with E-state index >= 15 is 0 Å². The lowest BCUT2D eigenvalue weighted by Gasteiger charge is -2.34. The second-order valence-corrected chi connectivity index (χ2v) is 5.88. The summed E-state index contributed by atoms with van der Waals surface area (Å²) in [6.45, 7) is 2.57. The molecule has 0 saturated carbocycles. The molecule has 6 heteroatoms. The molecule has 6 nitrogen and oxygen atoms in total. The van der Waals surface area contributed by atoms with E-state index in [-0.39, 0.29) is 12.0 Å². The maximum Gasteiger partial charge on any atom is 0.277 e. The molecule has 0 aliphatic carbocycles. The van der Waals surface area contributed by atoms with E-state index in [0.29, 0.717) is 12.2 Å². The Labute approximate surface area is 145 Å². The molecule has 0 spiro atoms. The molecule has 126 valence electrons. The van der Waals surface area contributed by atoms with Gasteiger partial charge >= 0.3 is 0 Å². The summed E-state index contributed by atoms with van der Waals surface area (Å²) in [5.74, 6) is 0.598. The first-order valence-electron chi connectivity index (χ1n) is 8.30. The van der Waals surface area contributed by atoms with Crippen LogP contribution >= 0.6 is 0 Å². The van der Waals surface area contributed by atoms with Gasteiger partial charge < -0.3 is 4.74 Å². The van der Waals surface area contributed by atoms with Crippen molar-refractivity contribution in [2.45, 2.75) is 19.4 Å². The third-order valence-electron chi connectivity index (χ3n) is 4.27. The molecule has 25 heavy (non-hydrogen) atoms. The molecule has 0 N–H and O–H groups in total. The highest BCUT2D eigenvalue weighted by Gasteiger charge is 2.30. The molecule has 4 rings (SSSR count). The first-order chi connectivity index (χ1) is 12.3. The summed E-state index contributed by atoms with van der Waals surface area (Å²) < 4.78 is 7.66. The van der Waals surface area contributed by atoms with Crippen LogP contribution in [-0.2, 0) is 0 Å². The number of ether oxygens (including phenoxy) is 1. The minimum atomic E-state index is -0.136. The van der Waals surface area contributed by atoms with Gasteiger partial charge in [0.25, 0.3) is 5.91 Å². The van der Waals surface area contributed by atoms with Gasteiger partial charge in [-0.3, -0.25) is 14.7 Å². The Balaban J connectivity index is 1.70. The number of fused-ring (bicyclic) bond motifs is 1. The lowest BCUT2D eigenvalue weighted by atomic mass is 10.1. The van der Waals surface area contributed by atoms with E-state index in [1.807, 2.05) is 42.6 Å². The fourth-order valence-electron chi connectivity index (χ4n) is 2.94. The Morgan fingerprint density at radius 2 is 2.12 bits per heavy atom. The number of benzene rings is 1. The zero-order chi connectivity index (χ0) is 17.2. The summed E-state index contributed by atoms with van der Waals surface area (Å²) >= 11 is 0. The number of anilines is 1. The smallest absolute Gasteiger partial charge is 0.277 e. The monoisotopic (exact) mass is 334 g/mol. The summed E-state index contributed by atoms with van der Waals surface area (Å²) in [6, 6.07) is 13.0. The van der Waals surface area contributed by atoms with Crippen LogP contribution in [0.1, 0.15) is 23.8 Å². The summed E-state index contributed by atoms with van der Waals surface area (Å²) in [5.41, 5.74) is 1.97. The molecule has 1 aliphatic rings. The van der Waals surface area contributed by atoms with E-state index in [4.69, 9.17) is 4.74 Å². The molecule has 1 unspecified atom stereocenters. The first kappa shape index (κ1) is 15.4. The Hall–Kier alpha value is -3.15. The Kier molecular flexibility index (Phi) is 3.93. The number of rotatable bonds is 3. The quantitative estimate of drug-likeness (QED) is 0.738. The van der Waals surface area contributed by atoms with Gasteiger partial charge in [0.2, 0.25) is 0 Å². The minimum Gasteiger partial charge on any atom is -0.486 e. The Morgan fingerprint density at radius 1 is 1.24 bits per heavy atom. The molecule has 0 bridgehead atoms. The predicted molar refractivity (Wildman–Crippen MR) is 94.2 cm³/mol. The van der Waals surface area contributed by atoms with E-state index < -0.39 is 0 Å². The summed E-state index contributed by atoms with van der Waals surface area (Å²) in [6.07, 6.45) is 5.98. The molecule has 0 radical (unpaired) electrons. The highest BCUT2D eigenvalue weighted by Crippen LogP contribution is 2.34. The summed E-state index contributed by atoms with van der Waals surface area (Å²) in [7, 11) is 0. The van der Waals surface area contributed by atoms with Crippen LogP contribution in [0, 0.1) is 0 Å². The van der Waals surface area contributed by atoms with Crippen molar-refractivity contribution in [1.82, 2.24) is 14.8 Å². The van der Waals surface area contributed by atoms with Gasteiger partial charge in [-0.1, -0.05) is 19.1 Å². The number of carbonyl (C=O) groups is 1. The van der Waals surface area contributed by atoms with Crippen molar-refractivity contribution in [3.05, 3.63) is 66.7 Å². The van der Waals surface area contributed by atoms with Crippen LogP contribution in [0.5, 0.6) is 5.75 Å². The van der Waals surface area contributed by atoms with Gasteiger partial charge in [-0.25, -0.2) is 4.68 Å². The number of para-hydroxylation sites is 2. The van der Waals surface area contributed by atoms with Crippen LogP contribution in [0.15, 0.2) is 61.1 Å². The van der Waals surface area contributed by atoms with E-state index in [1.165, 1.54) is 0 Å². The molecule has 0 saturated heterocycles. The van der Waals surface area contributed by atoms with Crippen molar-refractivity contribution >= 4 is 11.6 Å². The zero-order valence-corrected chi connectivity index (χ0v) is 13.9. The number of amides is 1. The number of aromatic nitrogens is 3. The van der Waals surface area contributed by atoms with Crippen LogP contribution in [0.25, 0.3) is 5.69 Å². The molecule has 3 heterocycles. The lowest BCUT2D eigenvalue weighted by Crippen LogP contribution is -2.43. The van der Waals surface area contributed by atoms with E-state index in [2.05, 4.69) is 17.0 Å². The van der Waals surface area contributed by atoms with Crippen molar-refractivity contribution in [2.24, 2.45) is 0 Å². The SMILES string of the molecule is CCC1CN(C(=O)c2cc(-n3cccn3)ccn2)c2ccccc2O1. The number of hydrogen-bond donors (Lipinski definition) is 0. The second-order valence-electron chi connectivity index (χ2n) is 5.88. The van der Waals surface area contributed by atoms with Gasteiger partial charge in [-0.05, 0) is 36.8 Å². The summed E-state index contributed by atoms with van der Waals surface area (Å²) in [5, 5.41) is 4.20. The third kappa shape index (κ3) is 2.87. The lowest BCUT2D eigenvalue weighted by molar-refractivity contribution is 0.0949. The van der Waals surface area contributed by atoms with E-state index in [1.54, 1.807) is 28.0 Å². The average Bonchev–Trinajstić information content (AvgIpc) is 3.21. The maximum atomic E-state index is 13.1. The van der Waals surface area contributed by atoms with Gasteiger partial charge in [-0.15, -0.1) is 0 Å².